The molecule has 0 saturated carbocycles. The monoisotopic (exact) mass is 352 g/mol. The van der Waals surface area contributed by atoms with Gasteiger partial charge in [-0.1, -0.05) is 35.9 Å². The van der Waals surface area contributed by atoms with Crippen LogP contribution in [0.3, 0.4) is 0 Å². The first-order chi connectivity index (χ1) is 11.7. The van der Waals surface area contributed by atoms with Crippen molar-refractivity contribution in [3.8, 4) is 0 Å². The van der Waals surface area contributed by atoms with Crippen LogP contribution in [0, 0.1) is 0 Å². The molecule has 0 bridgehead atoms. The van der Waals surface area contributed by atoms with Crippen molar-refractivity contribution in [3.63, 3.8) is 0 Å². The maximum atomic E-state index is 13.1. The average Bonchev–Trinajstić information content (AvgIpc) is 2.89. The van der Waals surface area contributed by atoms with Crippen LogP contribution in [0.25, 0.3) is 0 Å². The minimum atomic E-state index is -0.299. The summed E-state index contributed by atoms with van der Waals surface area (Å²) in [4.78, 5) is 20.3. The number of carbonyl (C=O) groups excluding carboxylic acids is 1. The van der Waals surface area contributed by atoms with Gasteiger partial charge in [0.2, 0.25) is 0 Å². The first-order valence-electron chi connectivity index (χ1n) is 7.50. The third kappa shape index (κ3) is 2.68. The Hall–Kier alpha value is -2.30. The minimum Gasteiger partial charge on any atom is -0.272 e. The summed E-state index contributed by atoms with van der Waals surface area (Å²) in [6.07, 6.45) is 1.71. The molecule has 0 aliphatic carbocycles. The number of hydrogen-bond donors (Lipinski definition) is 0. The van der Waals surface area contributed by atoms with E-state index in [1.807, 2.05) is 54.6 Å². The van der Waals surface area contributed by atoms with Gasteiger partial charge in [0.25, 0.3) is 5.91 Å². The lowest BCUT2D eigenvalue weighted by Crippen LogP contribution is -2.23. The molecule has 0 N–H and O–H groups in total. The Kier molecular flexibility index (Phi) is 4.00. The van der Waals surface area contributed by atoms with E-state index in [0.717, 1.165) is 16.1 Å². The van der Waals surface area contributed by atoms with Gasteiger partial charge in [0.15, 0.2) is 0 Å². The number of pyridine rings is 1. The largest absolute Gasteiger partial charge is 0.272 e. The molecular formula is C19H13ClN2OS. The maximum Gasteiger partial charge on any atom is 0.250 e. The molecule has 3 nitrogen and oxygen atoms in total. The van der Waals surface area contributed by atoms with E-state index in [0.29, 0.717) is 10.8 Å². The van der Waals surface area contributed by atoms with Gasteiger partial charge in [0.1, 0.15) is 11.1 Å². The van der Waals surface area contributed by atoms with Crippen LogP contribution in [0.2, 0.25) is 5.02 Å². The zero-order valence-electron chi connectivity index (χ0n) is 12.6. The molecule has 4 rings (SSSR count). The van der Waals surface area contributed by atoms with E-state index in [9.17, 15) is 4.79 Å². The topological polar surface area (TPSA) is 33.2 Å². The molecule has 2 heterocycles. The fourth-order valence-electron chi connectivity index (χ4n) is 2.74. The predicted octanol–water partition coefficient (Wildman–Crippen LogP) is 5.25. The van der Waals surface area contributed by atoms with Crippen LogP contribution in [-0.2, 0) is 4.79 Å². The highest BCUT2D eigenvalue weighted by molar-refractivity contribution is 8.00. The number of anilines is 2. The van der Waals surface area contributed by atoms with Crippen molar-refractivity contribution in [1.82, 2.24) is 4.98 Å². The molecule has 118 valence electrons. The molecule has 1 unspecified atom stereocenters. The molecule has 1 aromatic heterocycles. The Balaban J connectivity index is 1.75. The Bertz CT molecular complexity index is 883. The van der Waals surface area contributed by atoms with Gasteiger partial charge in [-0.25, -0.2) is 4.98 Å². The third-order valence-corrected chi connectivity index (χ3v) is 5.33. The standard InChI is InChI=1S/C19H13ClN2OS/c20-13-8-10-14(11-9-13)22-18-16(7-4-12-21-18)17(19(22)23)24-15-5-2-1-3-6-15/h1-12,17H. The third-order valence-electron chi connectivity index (χ3n) is 3.84. The SMILES string of the molecule is O=C1C(Sc2ccccc2)c2cccnc2N1c1ccc(Cl)cc1. The molecule has 0 fully saturated rings. The van der Waals surface area contributed by atoms with Crippen LogP contribution in [0.15, 0.2) is 77.8 Å². The van der Waals surface area contributed by atoms with Gasteiger partial charge in [-0.05, 0) is 42.5 Å². The summed E-state index contributed by atoms with van der Waals surface area (Å²) in [7, 11) is 0. The van der Waals surface area contributed by atoms with Crippen LogP contribution in [0.4, 0.5) is 11.5 Å². The van der Waals surface area contributed by atoms with Gasteiger partial charge in [-0.3, -0.25) is 9.69 Å². The second-order valence-corrected chi connectivity index (χ2v) is 6.99. The Morgan fingerprint density at radius 1 is 0.958 bits per heavy atom. The number of hydrogen-bond acceptors (Lipinski definition) is 3. The number of amides is 1. The highest BCUT2D eigenvalue weighted by Crippen LogP contribution is 2.48. The first-order valence-corrected chi connectivity index (χ1v) is 8.76. The molecule has 2 aromatic carbocycles. The van der Waals surface area contributed by atoms with Crippen molar-refractivity contribution in [1.29, 1.82) is 0 Å². The van der Waals surface area contributed by atoms with Crippen LogP contribution < -0.4 is 4.90 Å². The maximum absolute atomic E-state index is 13.1. The zero-order valence-corrected chi connectivity index (χ0v) is 14.2. The van der Waals surface area contributed by atoms with Gasteiger partial charge in [0.05, 0.1) is 5.69 Å². The van der Waals surface area contributed by atoms with E-state index in [4.69, 9.17) is 11.6 Å². The molecule has 1 aliphatic rings. The van der Waals surface area contributed by atoms with Crippen molar-refractivity contribution in [2.75, 3.05) is 4.90 Å². The smallest absolute Gasteiger partial charge is 0.250 e. The molecule has 3 aromatic rings. The quantitative estimate of drug-likeness (QED) is 0.645. The lowest BCUT2D eigenvalue weighted by Gasteiger charge is -2.17. The predicted molar refractivity (Wildman–Crippen MR) is 97.9 cm³/mol. The molecular weight excluding hydrogens is 340 g/mol. The summed E-state index contributed by atoms with van der Waals surface area (Å²) >= 11 is 7.51. The molecule has 1 amide bonds. The number of fused-ring (bicyclic) bond motifs is 1. The average molecular weight is 353 g/mol. The second kappa shape index (κ2) is 6.30. The van der Waals surface area contributed by atoms with Crippen molar-refractivity contribution >= 4 is 40.8 Å². The number of nitrogens with zero attached hydrogens (tertiary/aromatic N) is 2. The van der Waals surface area contributed by atoms with Crippen LogP contribution in [-0.4, -0.2) is 10.9 Å². The van der Waals surface area contributed by atoms with Crippen LogP contribution >= 0.6 is 23.4 Å². The van der Waals surface area contributed by atoms with E-state index in [2.05, 4.69) is 4.98 Å². The molecule has 0 radical (unpaired) electrons. The van der Waals surface area contributed by atoms with Crippen molar-refractivity contribution < 1.29 is 4.79 Å². The lowest BCUT2D eigenvalue weighted by molar-refractivity contribution is -0.116. The minimum absolute atomic E-state index is 0.0138. The van der Waals surface area contributed by atoms with Gasteiger partial charge in [-0.2, -0.15) is 0 Å². The van der Waals surface area contributed by atoms with Gasteiger partial charge < -0.3 is 0 Å². The molecule has 1 atom stereocenters. The van der Waals surface area contributed by atoms with Crippen molar-refractivity contribution in [2.45, 2.75) is 10.1 Å². The zero-order chi connectivity index (χ0) is 16.5. The lowest BCUT2D eigenvalue weighted by atomic mass is 10.2. The van der Waals surface area contributed by atoms with E-state index in [1.165, 1.54) is 0 Å². The number of benzene rings is 2. The summed E-state index contributed by atoms with van der Waals surface area (Å²) in [6, 6.07) is 21.0. The van der Waals surface area contributed by atoms with E-state index >= 15 is 0 Å². The highest BCUT2D eigenvalue weighted by atomic mass is 35.5. The van der Waals surface area contributed by atoms with Crippen molar-refractivity contribution in [2.24, 2.45) is 0 Å². The fourth-order valence-corrected chi connectivity index (χ4v) is 3.97. The van der Waals surface area contributed by atoms with Crippen molar-refractivity contribution in [3.05, 3.63) is 83.5 Å². The highest BCUT2D eigenvalue weighted by Gasteiger charge is 2.39. The second-order valence-electron chi connectivity index (χ2n) is 5.38. The normalized spacial score (nSPS) is 16.3. The number of thioether (sulfide) groups is 1. The van der Waals surface area contributed by atoms with Gasteiger partial charge in [-0.15, -0.1) is 11.8 Å². The Morgan fingerprint density at radius 2 is 1.71 bits per heavy atom. The molecule has 24 heavy (non-hydrogen) atoms. The molecule has 1 aliphatic heterocycles. The van der Waals surface area contributed by atoms with Crippen LogP contribution in [0.1, 0.15) is 10.8 Å². The Labute approximate surface area is 149 Å². The summed E-state index contributed by atoms with van der Waals surface area (Å²) in [5.41, 5.74) is 1.71. The van der Waals surface area contributed by atoms with Gasteiger partial charge >= 0.3 is 0 Å². The molecule has 0 spiro atoms. The van der Waals surface area contributed by atoms with E-state index in [1.54, 1.807) is 35.0 Å². The Morgan fingerprint density at radius 3 is 2.46 bits per heavy atom. The molecule has 5 heteroatoms. The van der Waals surface area contributed by atoms with Crippen LogP contribution in [0.5, 0.6) is 0 Å². The number of halogens is 1. The number of carbonyl (C=O) groups is 1. The summed E-state index contributed by atoms with van der Waals surface area (Å²) in [5.74, 6) is 0.707. The van der Waals surface area contributed by atoms with E-state index in [-0.39, 0.29) is 11.2 Å². The fraction of sp³-hybridized carbons (Fsp3) is 0.0526. The summed E-state index contributed by atoms with van der Waals surface area (Å²) in [5, 5.41) is 0.341. The summed E-state index contributed by atoms with van der Waals surface area (Å²) < 4.78 is 0. The van der Waals surface area contributed by atoms with E-state index < -0.39 is 0 Å². The molecule has 0 saturated heterocycles. The number of rotatable bonds is 3. The number of aromatic nitrogens is 1. The van der Waals surface area contributed by atoms with Gasteiger partial charge in [0, 0.05) is 21.7 Å². The first kappa shape index (κ1) is 15.2. The summed E-state index contributed by atoms with van der Waals surface area (Å²) in [6.45, 7) is 0.